The molecule has 19 unspecified atom stereocenters. The number of carbonyl (C=O) groups is 7. The van der Waals surface area contributed by atoms with Gasteiger partial charge in [0.2, 0.25) is 5.79 Å². The van der Waals surface area contributed by atoms with Crippen LogP contribution in [0.4, 0.5) is 0 Å². The number of nitrogens with zero attached hydrogens (tertiary/aromatic N) is 3. The number of piperidine rings is 1. The van der Waals surface area contributed by atoms with Crippen LogP contribution in [0.1, 0.15) is 152 Å². The van der Waals surface area contributed by atoms with Crippen molar-refractivity contribution in [1.29, 1.82) is 10.5 Å². The fourth-order valence-corrected chi connectivity index (χ4v) is 13.8. The number of allylic oxidation sites excluding steroid dienone is 2. The molecule has 0 aromatic heterocycles. The van der Waals surface area contributed by atoms with Gasteiger partial charge in [-0.1, -0.05) is 46.8 Å². The van der Waals surface area contributed by atoms with Gasteiger partial charge in [-0.2, -0.15) is 10.5 Å². The first-order chi connectivity index (χ1) is 38.3. The van der Waals surface area contributed by atoms with Crippen molar-refractivity contribution < 1.29 is 82.0 Å². The smallest absolute Gasteiger partial charge is 0.329 e. The van der Waals surface area contributed by atoms with Gasteiger partial charge in [0.25, 0.3) is 11.7 Å². The summed E-state index contributed by atoms with van der Waals surface area (Å²) in [6, 6.07) is 3.01. The van der Waals surface area contributed by atoms with Gasteiger partial charge >= 0.3 is 17.9 Å². The minimum Gasteiger partial charge on any atom is -0.465 e. The van der Waals surface area contributed by atoms with Crippen molar-refractivity contribution in [2.75, 3.05) is 41.1 Å². The van der Waals surface area contributed by atoms with E-state index in [0.29, 0.717) is 50.5 Å². The predicted octanol–water partition coefficient (Wildman–Crippen LogP) is 6.24. The summed E-state index contributed by atoms with van der Waals surface area (Å²) in [6.07, 6.45) is 0.0759. The quantitative estimate of drug-likeness (QED) is 0.0943. The molecular weight excluding hydrogens is 1050 g/mol. The fourth-order valence-electron chi connectivity index (χ4n) is 13.8. The van der Waals surface area contributed by atoms with Crippen molar-refractivity contribution >= 4 is 41.2 Å². The van der Waals surface area contributed by atoms with E-state index in [1.807, 2.05) is 6.92 Å². The Kier molecular flexibility index (Phi) is 24.0. The third-order valence-electron chi connectivity index (χ3n) is 18.7. The number of hydrogen-bond acceptors (Lipinski definition) is 19. The molecule has 6 aliphatic rings. The summed E-state index contributed by atoms with van der Waals surface area (Å²) in [4.78, 5) is 103. The molecule has 2 aliphatic carbocycles. The molecule has 4 heterocycles. The van der Waals surface area contributed by atoms with Crippen LogP contribution in [-0.4, -0.2) is 157 Å². The van der Waals surface area contributed by atoms with E-state index in [-0.39, 0.29) is 82.0 Å². The first-order valence-corrected chi connectivity index (χ1v) is 29.3. The number of methoxy groups -OCH3 is 3. The molecule has 4 bridgehead atoms. The summed E-state index contributed by atoms with van der Waals surface area (Å²) in [6.45, 7) is 14.3. The molecule has 4 aliphatic heterocycles. The largest absolute Gasteiger partial charge is 0.465 e. The Bertz CT molecular complexity index is 2410. The summed E-state index contributed by atoms with van der Waals surface area (Å²) in [5, 5.41) is 57.6. The number of esters is 3. The van der Waals surface area contributed by atoms with Crippen molar-refractivity contribution in [3.63, 3.8) is 0 Å². The van der Waals surface area contributed by atoms with Crippen molar-refractivity contribution in [3.05, 3.63) is 23.3 Å². The van der Waals surface area contributed by atoms with E-state index >= 15 is 0 Å². The zero-order valence-electron chi connectivity index (χ0n) is 49.8. The summed E-state index contributed by atoms with van der Waals surface area (Å²) in [5.41, 5.74) is -4.31. The second kappa shape index (κ2) is 29.1. The number of carbonyl (C=O) groups excluding carboxylic acids is 7. The van der Waals surface area contributed by atoms with E-state index in [0.717, 1.165) is 4.90 Å². The highest BCUT2D eigenvalue weighted by molar-refractivity contribution is 6.39. The number of rotatable bonds is 10. The SMILES string of the molecule is CCOC(=O)C1(C#N)C2/C=C(\C)C(OC)CC3CCC(C)C(O)(O3)C(=O)C(=O)N3CCCCC3C(=O)OC(C(C)CC3CCC(O)C(OC)C3)CC(=O)C(C)/C=C(\C)C(O)C(OC)C(=O)C(C)CC(C)C(CC2)C1(C#N)C(=O)OCC. The summed E-state index contributed by atoms with van der Waals surface area (Å²) in [7, 11) is 4.22. The number of Topliss-reactive ketones (excluding diaryl/α,β-unsaturated/α-hetero) is 3. The Morgan fingerprint density at radius 3 is 2.06 bits per heavy atom. The van der Waals surface area contributed by atoms with Gasteiger partial charge in [0.15, 0.2) is 16.6 Å². The molecule has 0 aromatic rings. The number of ketones is 3. The van der Waals surface area contributed by atoms with E-state index in [9.17, 15) is 59.4 Å². The molecule has 20 nitrogen and oxygen atoms in total. The van der Waals surface area contributed by atoms with Gasteiger partial charge in [-0.3, -0.25) is 28.8 Å². The highest BCUT2D eigenvalue weighted by Crippen LogP contribution is 2.61. The van der Waals surface area contributed by atoms with Gasteiger partial charge in [-0.15, -0.1) is 0 Å². The highest BCUT2D eigenvalue weighted by Gasteiger charge is 2.73. The lowest BCUT2D eigenvalue weighted by atomic mass is 9.46. The third kappa shape index (κ3) is 14.0. The molecule has 81 heavy (non-hydrogen) atoms. The van der Waals surface area contributed by atoms with Crippen LogP contribution in [0.25, 0.3) is 0 Å². The number of hydrogen-bond donors (Lipinski definition) is 3. The molecule has 0 spiro atoms. The van der Waals surface area contributed by atoms with E-state index in [1.54, 1.807) is 47.6 Å². The number of aliphatic hydroxyl groups excluding tert-OH is 2. The lowest BCUT2D eigenvalue weighted by molar-refractivity contribution is -0.265. The Morgan fingerprint density at radius 1 is 0.802 bits per heavy atom. The molecule has 3 N–H and O–H groups in total. The van der Waals surface area contributed by atoms with Crippen LogP contribution in [-0.2, 0) is 66.7 Å². The lowest BCUT2D eigenvalue weighted by Gasteiger charge is -2.51. The van der Waals surface area contributed by atoms with E-state index in [1.165, 1.54) is 41.3 Å². The molecule has 452 valence electrons. The lowest BCUT2D eigenvalue weighted by Crippen LogP contribution is -2.63. The zero-order valence-corrected chi connectivity index (χ0v) is 49.8. The predicted molar refractivity (Wildman–Crippen MR) is 292 cm³/mol. The van der Waals surface area contributed by atoms with E-state index in [4.69, 9.17) is 33.2 Å². The number of fused-ring (bicyclic) bond motifs is 17. The van der Waals surface area contributed by atoms with Gasteiger partial charge in [0.05, 0.1) is 49.8 Å². The number of aliphatic hydroxyl groups is 3. The number of ether oxygens (including phenoxy) is 7. The van der Waals surface area contributed by atoms with Crippen LogP contribution >= 0.6 is 0 Å². The molecule has 1 amide bonds. The van der Waals surface area contributed by atoms with Gasteiger partial charge in [0, 0.05) is 64.4 Å². The normalized spacial score (nSPS) is 40.0. The Balaban J connectivity index is 1.64. The topological polar surface area (TPSA) is 296 Å². The minimum atomic E-state index is -2.64. The van der Waals surface area contributed by atoms with Crippen LogP contribution in [0.3, 0.4) is 0 Å². The standard InChI is InChI=1S/C61H91N3O17/c1-13-78-57(72)59(32-62)42-20-22-44(60(59,33-63)58(73)79-14-2)34(3)25-38(7)51(67)53(77-12)52(68)39(8)26-35(4)47(66)31-49(36(5)27-41-19-23-46(65)50(29-41)76-11)80-56(71)45-17-15-16-24-64(45)55(70)54(69)61(74)40(9)18-21-43(81-61)30-48(75-10)37(6)28-42/h26,28,34-36,38,40-46,48-50,52-53,65,68,74H,13-25,27,29-31H2,1-12H3/b37-28+,39-26+. The molecule has 4 fully saturated rings. The first-order valence-electron chi connectivity index (χ1n) is 29.3. The summed E-state index contributed by atoms with van der Waals surface area (Å²) >= 11 is 0. The monoisotopic (exact) mass is 1140 g/mol. The van der Waals surface area contributed by atoms with Gasteiger partial charge in [-0.05, 0) is 140 Å². The Hall–Kier alpha value is -4.93. The molecule has 0 radical (unpaired) electrons. The average Bonchev–Trinajstić information content (AvgIpc) is 3.64. The van der Waals surface area contributed by atoms with Crippen LogP contribution in [0.2, 0.25) is 0 Å². The minimum absolute atomic E-state index is 0.00318. The molecule has 6 rings (SSSR count). The van der Waals surface area contributed by atoms with Crippen molar-refractivity contribution in [1.82, 2.24) is 4.90 Å². The molecular formula is C61H91N3O17. The zero-order chi connectivity index (χ0) is 60.3. The third-order valence-corrected chi connectivity index (χ3v) is 18.7. The van der Waals surface area contributed by atoms with Crippen LogP contribution in [0, 0.1) is 80.8 Å². The molecule has 2 saturated heterocycles. The van der Waals surface area contributed by atoms with Gasteiger partial charge in [-0.25, -0.2) is 4.79 Å². The van der Waals surface area contributed by atoms with Gasteiger partial charge < -0.3 is 53.4 Å². The Labute approximate surface area is 478 Å². The van der Waals surface area contributed by atoms with Crippen LogP contribution in [0.15, 0.2) is 23.3 Å². The molecule has 2 saturated carbocycles. The Morgan fingerprint density at radius 2 is 1.46 bits per heavy atom. The average molecular weight is 1140 g/mol. The fraction of sp³-hybridized carbons (Fsp3) is 0.787. The van der Waals surface area contributed by atoms with Crippen molar-refractivity contribution in [2.24, 2.45) is 58.2 Å². The van der Waals surface area contributed by atoms with E-state index in [2.05, 4.69) is 12.1 Å². The summed E-state index contributed by atoms with van der Waals surface area (Å²) in [5.74, 6) is -15.0. The summed E-state index contributed by atoms with van der Waals surface area (Å²) < 4.78 is 41.0. The molecule has 0 aromatic carbocycles. The second-order valence-electron chi connectivity index (χ2n) is 23.9. The number of amides is 1. The van der Waals surface area contributed by atoms with Crippen LogP contribution < -0.4 is 0 Å². The van der Waals surface area contributed by atoms with Crippen molar-refractivity contribution in [3.8, 4) is 12.1 Å². The molecule has 19 atom stereocenters. The van der Waals surface area contributed by atoms with Crippen LogP contribution in [0.5, 0.6) is 0 Å². The maximum atomic E-state index is 14.7. The highest BCUT2D eigenvalue weighted by atomic mass is 16.6. The van der Waals surface area contributed by atoms with Crippen molar-refractivity contribution in [2.45, 2.75) is 207 Å². The number of nitriles is 2. The molecule has 20 heteroatoms. The first kappa shape index (κ1) is 66.9. The maximum Gasteiger partial charge on any atom is 0.329 e. The maximum absolute atomic E-state index is 14.7. The van der Waals surface area contributed by atoms with Gasteiger partial charge in [0.1, 0.15) is 30.1 Å². The second-order valence-corrected chi connectivity index (χ2v) is 23.9. The van der Waals surface area contributed by atoms with E-state index < -0.39 is 142 Å².